The van der Waals surface area contributed by atoms with Crippen LogP contribution in [0.5, 0.6) is 11.5 Å². The van der Waals surface area contributed by atoms with Gasteiger partial charge >= 0.3 is 0 Å². The van der Waals surface area contributed by atoms with Crippen molar-refractivity contribution in [3.8, 4) is 11.5 Å². The van der Waals surface area contributed by atoms with Crippen LogP contribution in [0.3, 0.4) is 0 Å². The molecule has 17 heavy (non-hydrogen) atoms. The number of ether oxygens (including phenoxy) is 2. The number of phenols is 1. The average Bonchev–Trinajstić information content (AvgIpc) is 2.59. The van der Waals surface area contributed by atoms with Crippen LogP contribution in [0.4, 0.5) is 0 Å². The third-order valence-electron chi connectivity index (χ3n) is 2.62. The first-order valence-corrected chi connectivity index (χ1v) is 5.20. The minimum Gasteiger partial charge on any atom is -0.504 e. The van der Waals surface area contributed by atoms with Gasteiger partial charge in [-0.25, -0.2) is 0 Å². The lowest BCUT2D eigenvalue weighted by Crippen LogP contribution is -2.38. The first-order chi connectivity index (χ1) is 8.13. The molecular weight excluding hydrogens is 228 g/mol. The monoisotopic (exact) mass is 242 g/mol. The van der Waals surface area contributed by atoms with Gasteiger partial charge in [-0.1, -0.05) is 12.1 Å². The topological polar surface area (TPSA) is 99.4 Å². The summed E-state index contributed by atoms with van der Waals surface area (Å²) < 4.78 is 10.2. The maximum atomic E-state index is 9.72. The summed E-state index contributed by atoms with van der Waals surface area (Å²) >= 11 is 0. The summed E-state index contributed by atoms with van der Waals surface area (Å²) in [5.74, 6) is 0.0390. The highest BCUT2D eigenvalue weighted by Gasteiger charge is 2.44. The number of aliphatic hydroxyl groups is 3. The number of hydrogen-bond donors (Lipinski definition) is 4. The molecule has 4 N–H and O–H groups in total. The van der Waals surface area contributed by atoms with Crippen LogP contribution in [0, 0.1) is 0 Å². The molecule has 0 unspecified atom stereocenters. The Kier molecular flexibility index (Phi) is 3.49. The fourth-order valence-corrected chi connectivity index (χ4v) is 1.70. The number of para-hydroxylation sites is 2. The van der Waals surface area contributed by atoms with E-state index in [1.165, 1.54) is 12.1 Å². The van der Waals surface area contributed by atoms with Gasteiger partial charge in [0.2, 0.25) is 0 Å². The Morgan fingerprint density at radius 3 is 2.53 bits per heavy atom. The van der Waals surface area contributed by atoms with Gasteiger partial charge in [-0.3, -0.25) is 0 Å². The quantitative estimate of drug-likeness (QED) is 0.554. The van der Waals surface area contributed by atoms with Crippen LogP contribution < -0.4 is 4.74 Å². The van der Waals surface area contributed by atoms with Crippen LogP contribution in [0.1, 0.15) is 0 Å². The van der Waals surface area contributed by atoms with Crippen molar-refractivity contribution in [3.05, 3.63) is 24.3 Å². The fourth-order valence-electron chi connectivity index (χ4n) is 1.70. The third kappa shape index (κ3) is 2.34. The van der Waals surface area contributed by atoms with E-state index in [2.05, 4.69) is 0 Å². The third-order valence-corrected chi connectivity index (χ3v) is 2.62. The van der Waals surface area contributed by atoms with Gasteiger partial charge in [-0.2, -0.15) is 0 Å². The first-order valence-electron chi connectivity index (χ1n) is 5.20. The average molecular weight is 242 g/mol. The Morgan fingerprint density at radius 2 is 1.94 bits per heavy atom. The highest BCUT2D eigenvalue weighted by atomic mass is 16.7. The van der Waals surface area contributed by atoms with E-state index in [1.807, 2.05) is 0 Å². The molecule has 1 aliphatic rings. The number of aliphatic hydroxyl groups excluding tert-OH is 3. The SMILES string of the molecule is OC[C@H]1O[C@@H](O)[C@H](Oc2ccccc2O)[C@@H]1O. The summed E-state index contributed by atoms with van der Waals surface area (Å²) in [6.07, 6.45) is -4.43. The van der Waals surface area contributed by atoms with E-state index >= 15 is 0 Å². The van der Waals surface area contributed by atoms with Crippen molar-refractivity contribution in [1.29, 1.82) is 0 Å². The zero-order valence-electron chi connectivity index (χ0n) is 8.93. The molecule has 1 aromatic carbocycles. The molecule has 1 heterocycles. The number of phenolic OH excluding ortho intramolecular Hbond substituents is 1. The highest BCUT2D eigenvalue weighted by molar-refractivity contribution is 5.38. The van der Waals surface area contributed by atoms with Crippen LogP contribution >= 0.6 is 0 Å². The molecule has 94 valence electrons. The zero-order chi connectivity index (χ0) is 12.4. The van der Waals surface area contributed by atoms with Crippen molar-refractivity contribution < 1.29 is 29.9 Å². The second-order valence-corrected chi connectivity index (χ2v) is 3.79. The lowest BCUT2D eigenvalue weighted by molar-refractivity contribution is -0.128. The van der Waals surface area contributed by atoms with Crippen molar-refractivity contribution in [3.63, 3.8) is 0 Å². The molecule has 0 saturated carbocycles. The summed E-state index contributed by atoms with van der Waals surface area (Å²) in [6, 6.07) is 6.19. The summed E-state index contributed by atoms with van der Waals surface area (Å²) in [6.45, 7) is -0.418. The van der Waals surface area contributed by atoms with Crippen molar-refractivity contribution in [2.45, 2.75) is 24.6 Å². The smallest absolute Gasteiger partial charge is 0.195 e. The maximum absolute atomic E-state index is 9.72. The number of hydrogen-bond acceptors (Lipinski definition) is 6. The van der Waals surface area contributed by atoms with Crippen molar-refractivity contribution in [1.82, 2.24) is 0 Å². The number of rotatable bonds is 3. The predicted octanol–water partition coefficient (Wildman–Crippen LogP) is -0.790. The fraction of sp³-hybridized carbons (Fsp3) is 0.455. The standard InChI is InChI=1S/C11H14O6/c12-5-8-9(14)10(11(15)17-8)16-7-4-2-1-3-6(7)13/h1-4,8-15H,5H2/t8-,9-,10-,11-/m1/s1. The Balaban J connectivity index is 2.11. The molecule has 0 spiro atoms. The Hall–Kier alpha value is -1.34. The minimum absolute atomic E-state index is 0.0978. The molecule has 1 saturated heterocycles. The van der Waals surface area contributed by atoms with Gasteiger partial charge in [0.25, 0.3) is 0 Å². The van der Waals surface area contributed by atoms with E-state index in [0.29, 0.717) is 0 Å². The second kappa shape index (κ2) is 4.89. The van der Waals surface area contributed by atoms with Crippen LogP contribution in [-0.4, -0.2) is 51.6 Å². The van der Waals surface area contributed by atoms with Gasteiger partial charge in [0.1, 0.15) is 12.2 Å². The molecule has 0 amide bonds. The Morgan fingerprint density at radius 1 is 1.24 bits per heavy atom. The van der Waals surface area contributed by atoms with E-state index in [0.717, 1.165) is 0 Å². The molecule has 2 rings (SSSR count). The largest absolute Gasteiger partial charge is 0.504 e. The lowest BCUT2D eigenvalue weighted by atomic mass is 10.1. The predicted molar refractivity (Wildman–Crippen MR) is 56.5 cm³/mol. The molecule has 1 aromatic rings. The number of benzene rings is 1. The second-order valence-electron chi connectivity index (χ2n) is 3.79. The zero-order valence-corrected chi connectivity index (χ0v) is 8.93. The molecule has 0 bridgehead atoms. The highest BCUT2D eigenvalue weighted by Crippen LogP contribution is 2.30. The normalized spacial score (nSPS) is 32.6. The Bertz CT molecular complexity index is 382. The number of aromatic hydroxyl groups is 1. The summed E-state index contributed by atoms with van der Waals surface area (Å²) in [7, 11) is 0. The maximum Gasteiger partial charge on any atom is 0.195 e. The molecule has 0 aliphatic carbocycles. The minimum atomic E-state index is -1.35. The molecule has 0 aromatic heterocycles. The van der Waals surface area contributed by atoms with Gasteiger partial charge in [-0.15, -0.1) is 0 Å². The van der Waals surface area contributed by atoms with Gasteiger partial charge in [0, 0.05) is 0 Å². The van der Waals surface area contributed by atoms with Crippen molar-refractivity contribution in [2.75, 3.05) is 6.61 Å². The molecular formula is C11H14O6. The molecule has 1 fully saturated rings. The summed E-state index contributed by atoms with van der Waals surface area (Å²) in [5.41, 5.74) is 0. The van der Waals surface area contributed by atoms with Crippen molar-refractivity contribution in [2.24, 2.45) is 0 Å². The molecule has 1 aliphatic heterocycles. The van der Waals surface area contributed by atoms with E-state index in [4.69, 9.17) is 14.6 Å². The van der Waals surface area contributed by atoms with E-state index in [9.17, 15) is 15.3 Å². The first kappa shape index (κ1) is 12.1. The molecule has 0 radical (unpaired) electrons. The van der Waals surface area contributed by atoms with Crippen LogP contribution in [-0.2, 0) is 4.74 Å². The van der Waals surface area contributed by atoms with Crippen LogP contribution in [0.25, 0.3) is 0 Å². The van der Waals surface area contributed by atoms with Crippen LogP contribution in [0.2, 0.25) is 0 Å². The van der Waals surface area contributed by atoms with Gasteiger partial charge in [-0.05, 0) is 12.1 Å². The van der Waals surface area contributed by atoms with Gasteiger partial charge in [0.05, 0.1) is 6.61 Å². The van der Waals surface area contributed by atoms with E-state index < -0.39 is 31.2 Å². The lowest BCUT2D eigenvalue weighted by Gasteiger charge is -2.19. The summed E-state index contributed by atoms with van der Waals surface area (Å²) in [5, 5.41) is 37.6. The van der Waals surface area contributed by atoms with E-state index in [1.54, 1.807) is 12.1 Å². The van der Waals surface area contributed by atoms with Gasteiger partial charge in [0.15, 0.2) is 23.9 Å². The molecule has 4 atom stereocenters. The van der Waals surface area contributed by atoms with Crippen LogP contribution in [0.15, 0.2) is 24.3 Å². The van der Waals surface area contributed by atoms with Crippen molar-refractivity contribution >= 4 is 0 Å². The van der Waals surface area contributed by atoms with E-state index in [-0.39, 0.29) is 11.5 Å². The Labute approximate surface area is 97.7 Å². The summed E-state index contributed by atoms with van der Waals surface area (Å²) in [4.78, 5) is 0. The van der Waals surface area contributed by atoms with Gasteiger partial charge < -0.3 is 29.9 Å². The molecule has 6 nitrogen and oxygen atoms in total. The molecule has 6 heteroatoms.